The lowest BCUT2D eigenvalue weighted by Crippen LogP contribution is -2.26. The average molecular weight is 352 g/mol. The molecular formula is C18H13FN4O3. The van der Waals surface area contributed by atoms with Crippen LogP contribution in [0.1, 0.15) is 5.82 Å². The van der Waals surface area contributed by atoms with Gasteiger partial charge in [0.15, 0.2) is 0 Å². The minimum absolute atomic E-state index is 0.0277. The Kier molecular flexibility index (Phi) is 3.72. The molecule has 0 amide bonds. The standard InChI is InChI=1S/C18H13FN4O3/c1-22-15(20-14-5-3-2-4-13(14)17(22)24)10-23-18(25)26-16(21-23)11-6-8-12(19)9-7-11/h2-9H,10H2,1H3. The molecule has 0 atom stereocenters. The highest BCUT2D eigenvalue weighted by Crippen LogP contribution is 2.16. The van der Waals surface area contributed by atoms with Gasteiger partial charge in [-0.1, -0.05) is 12.1 Å². The maximum Gasteiger partial charge on any atom is 0.437 e. The van der Waals surface area contributed by atoms with Crippen molar-refractivity contribution in [1.29, 1.82) is 0 Å². The summed E-state index contributed by atoms with van der Waals surface area (Å²) in [6.07, 6.45) is 0. The maximum atomic E-state index is 13.0. The number of fused-ring (bicyclic) bond motifs is 1. The van der Waals surface area contributed by atoms with Crippen LogP contribution in [0.3, 0.4) is 0 Å². The van der Waals surface area contributed by atoms with Gasteiger partial charge in [0.2, 0.25) is 5.89 Å². The molecule has 26 heavy (non-hydrogen) atoms. The van der Waals surface area contributed by atoms with E-state index in [1.807, 2.05) is 0 Å². The number of halogens is 1. The number of aromatic nitrogens is 4. The number of rotatable bonds is 3. The van der Waals surface area contributed by atoms with Gasteiger partial charge in [0.25, 0.3) is 5.56 Å². The zero-order valence-electron chi connectivity index (χ0n) is 13.7. The first-order chi connectivity index (χ1) is 12.5. The van der Waals surface area contributed by atoms with Gasteiger partial charge in [0.1, 0.15) is 18.2 Å². The third-order valence-electron chi connectivity index (χ3n) is 4.06. The maximum absolute atomic E-state index is 13.0. The van der Waals surface area contributed by atoms with E-state index in [-0.39, 0.29) is 18.0 Å². The molecule has 2 aromatic carbocycles. The Bertz CT molecular complexity index is 1220. The van der Waals surface area contributed by atoms with E-state index < -0.39 is 11.6 Å². The summed E-state index contributed by atoms with van der Waals surface area (Å²) in [4.78, 5) is 29.0. The number of hydrogen-bond donors (Lipinski definition) is 0. The summed E-state index contributed by atoms with van der Waals surface area (Å²) in [5.41, 5.74) is 0.810. The highest BCUT2D eigenvalue weighted by atomic mass is 19.1. The molecule has 0 spiro atoms. The van der Waals surface area contributed by atoms with Gasteiger partial charge in [-0.3, -0.25) is 9.36 Å². The number of nitrogens with zero attached hydrogens (tertiary/aromatic N) is 4. The largest absolute Gasteiger partial charge is 0.437 e. The second-order valence-electron chi connectivity index (χ2n) is 5.75. The molecule has 0 unspecified atom stereocenters. The first-order valence-electron chi connectivity index (χ1n) is 7.81. The fraction of sp³-hybridized carbons (Fsp3) is 0.111. The molecule has 0 saturated carbocycles. The summed E-state index contributed by atoms with van der Waals surface area (Å²) in [6.45, 7) is -0.0277. The van der Waals surface area contributed by atoms with Crippen LogP contribution in [-0.4, -0.2) is 19.3 Å². The van der Waals surface area contributed by atoms with Crippen LogP contribution in [0, 0.1) is 5.82 Å². The predicted octanol–water partition coefficient (Wildman–Crippen LogP) is 1.94. The van der Waals surface area contributed by atoms with E-state index in [1.54, 1.807) is 31.3 Å². The second kappa shape index (κ2) is 6.07. The number of para-hydroxylation sites is 1. The third-order valence-corrected chi connectivity index (χ3v) is 4.06. The minimum atomic E-state index is -0.688. The molecule has 2 aromatic heterocycles. The number of benzene rings is 2. The SMILES string of the molecule is Cn1c(Cn2nc(-c3ccc(F)cc3)oc2=O)nc2ccccc2c1=O. The first kappa shape index (κ1) is 15.9. The van der Waals surface area contributed by atoms with E-state index >= 15 is 0 Å². The van der Waals surface area contributed by atoms with Gasteiger partial charge in [0.05, 0.1) is 10.9 Å². The monoisotopic (exact) mass is 352 g/mol. The van der Waals surface area contributed by atoms with Crippen LogP contribution in [0.15, 0.2) is 62.5 Å². The highest BCUT2D eigenvalue weighted by Gasteiger charge is 2.14. The molecule has 2 heterocycles. The van der Waals surface area contributed by atoms with Crippen molar-refractivity contribution < 1.29 is 8.81 Å². The Morgan fingerprint density at radius 1 is 1.08 bits per heavy atom. The lowest BCUT2D eigenvalue weighted by Gasteiger charge is -2.08. The van der Waals surface area contributed by atoms with Gasteiger partial charge < -0.3 is 4.42 Å². The zero-order valence-corrected chi connectivity index (χ0v) is 13.7. The fourth-order valence-electron chi connectivity index (χ4n) is 2.65. The van der Waals surface area contributed by atoms with Crippen LogP contribution in [0.2, 0.25) is 0 Å². The summed E-state index contributed by atoms with van der Waals surface area (Å²) in [7, 11) is 1.59. The summed E-state index contributed by atoms with van der Waals surface area (Å²) in [6, 6.07) is 12.4. The minimum Gasteiger partial charge on any atom is -0.388 e. The summed E-state index contributed by atoms with van der Waals surface area (Å²) < 4.78 is 20.6. The van der Waals surface area contributed by atoms with Crippen molar-refractivity contribution in [3.05, 3.63) is 81.1 Å². The molecule has 0 radical (unpaired) electrons. The van der Waals surface area contributed by atoms with E-state index in [9.17, 15) is 14.0 Å². The summed E-state index contributed by atoms with van der Waals surface area (Å²) in [5, 5.41) is 4.61. The molecule has 0 aliphatic rings. The lowest BCUT2D eigenvalue weighted by molar-refractivity contribution is 0.487. The molecule has 0 N–H and O–H groups in total. The van der Waals surface area contributed by atoms with Crippen molar-refractivity contribution in [2.45, 2.75) is 6.54 Å². The van der Waals surface area contributed by atoms with Crippen molar-refractivity contribution in [1.82, 2.24) is 19.3 Å². The lowest BCUT2D eigenvalue weighted by atomic mass is 10.2. The fourth-order valence-corrected chi connectivity index (χ4v) is 2.65. The van der Waals surface area contributed by atoms with Crippen molar-refractivity contribution in [2.24, 2.45) is 7.05 Å². The van der Waals surface area contributed by atoms with Crippen molar-refractivity contribution in [3.63, 3.8) is 0 Å². The van der Waals surface area contributed by atoms with Crippen LogP contribution in [0.25, 0.3) is 22.4 Å². The Morgan fingerprint density at radius 3 is 2.58 bits per heavy atom. The molecule has 7 nitrogen and oxygen atoms in total. The van der Waals surface area contributed by atoms with Crippen LogP contribution in [0.4, 0.5) is 4.39 Å². The van der Waals surface area contributed by atoms with Crippen LogP contribution >= 0.6 is 0 Å². The van der Waals surface area contributed by atoms with Gasteiger partial charge >= 0.3 is 5.76 Å². The summed E-state index contributed by atoms with van der Waals surface area (Å²) >= 11 is 0. The smallest absolute Gasteiger partial charge is 0.388 e. The van der Waals surface area contributed by atoms with Crippen molar-refractivity contribution >= 4 is 10.9 Å². The molecule has 4 rings (SSSR count). The van der Waals surface area contributed by atoms with Gasteiger partial charge in [-0.2, -0.15) is 4.68 Å². The predicted molar refractivity (Wildman–Crippen MR) is 92.2 cm³/mol. The highest BCUT2D eigenvalue weighted by molar-refractivity contribution is 5.77. The molecular weight excluding hydrogens is 339 g/mol. The third kappa shape index (κ3) is 2.71. The van der Waals surface area contributed by atoms with Crippen LogP contribution in [-0.2, 0) is 13.6 Å². The molecule has 0 fully saturated rings. The van der Waals surface area contributed by atoms with Gasteiger partial charge in [-0.15, -0.1) is 5.10 Å². The van der Waals surface area contributed by atoms with Crippen LogP contribution in [0.5, 0.6) is 0 Å². The average Bonchev–Trinajstić information content (AvgIpc) is 3.00. The van der Waals surface area contributed by atoms with E-state index in [4.69, 9.17) is 4.42 Å². The molecule has 0 aliphatic heterocycles. The van der Waals surface area contributed by atoms with E-state index in [0.29, 0.717) is 22.3 Å². The quantitative estimate of drug-likeness (QED) is 0.563. The molecule has 0 aliphatic carbocycles. The van der Waals surface area contributed by atoms with E-state index in [0.717, 1.165) is 4.68 Å². The van der Waals surface area contributed by atoms with Crippen LogP contribution < -0.4 is 11.3 Å². The molecule has 0 saturated heterocycles. The van der Waals surface area contributed by atoms with E-state index in [2.05, 4.69) is 10.1 Å². The van der Waals surface area contributed by atoms with E-state index in [1.165, 1.54) is 28.8 Å². The Morgan fingerprint density at radius 2 is 1.81 bits per heavy atom. The summed E-state index contributed by atoms with van der Waals surface area (Å²) in [5.74, 6) is -0.645. The topological polar surface area (TPSA) is 82.9 Å². The first-order valence-corrected chi connectivity index (χ1v) is 7.81. The normalized spacial score (nSPS) is 11.2. The van der Waals surface area contributed by atoms with Crippen molar-refractivity contribution in [3.8, 4) is 11.5 Å². The molecule has 130 valence electrons. The van der Waals surface area contributed by atoms with Crippen molar-refractivity contribution in [2.75, 3.05) is 0 Å². The second-order valence-corrected chi connectivity index (χ2v) is 5.75. The Hall–Kier alpha value is -3.55. The Labute approximate surface area is 146 Å². The zero-order chi connectivity index (χ0) is 18.3. The van der Waals surface area contributed by atoms with Gasteiger partial charge in [-0.25, -0.2) is 14.2 Å². The molecule has 8 heteroatoms. The molecule has 4 aromatic rings. The van der Waals surface area contributed by atoms with Gasteiger partial charge in [-0.05, 0) is 36.4 Å². The molecule has 0 bridgehead atoms. The number of hydrogen-bond acceptors (Lipinski definition) is 5. The Balaban J connectivity index is 1.75. The van der Waals surface area contributed by atoms with Gasteiger partial charge in [0, 0.05) is 12.6 Å².